The summed E-state index contributed by atoms with van der Waals surface area (Å²) in [6.07, 6.45) is 2.87. The first-order chi connectivity index (χ1) is 13.6. The Labute approximate surface area is 162 Å². The minimum absolute atomic E-state index is 0.144. The molecule has 0 aliphatic heterocycles. The second-order valence-electron chi connectivity index (χ2n) is 6.09. The van der Waals surface area contributed by atoms with Gasteiger partial charge in [-0.25, -0.2) is 14.8 Å². The molecule has 0 fully saturated rings. The minimum Gasteiger partial charge on any atom is -0.465 e. The summed E-state index contributed by atoms with van der Waals surface area (Å²) in [5, 5.41) is 5.94. The largest absolute Gasteiger partial charge is 0.465 e. The van der Waals surface area contributed by atoms with E-state index in [4.69, 9.17) is 4.74 Å². The van der Waals surface area contributed by atoms with Gasteiger partial charge in [0, 0.05) is 5.69 Å². The summed E-state index contributed by atoms with van der Waals surface area (Å²) in [6.45, 7) is 1.91. The second-order valence-corrected chi connectivity index (χ2v) is 6.09. The monoisotopic (exact) mass is 376 g/mol. The van der Waals surface area contributed by atoms with E-state index < -0.39 is 5.97 Å². The molecule has 0 aliphatic carbocycles. The van der Waals surface area contributed by atoms with Crippen LogP contribution in [0.15, 0.2) is 67.0 Å². The number of aromatic nitrogens is 2. The van der Waals surface area contributed by atoms with E-state index in [0.717, 1.165) is 5.56 Å². The fraction of sp³-hybridized carbons (Fsp3) is 0.143. The number of hydrogen-bond donors (Lipinski definition) is 2. The van der Waals surface area contributed by atoms with E-state index in [1.54, 1.807) is 24.3 Å². The van der Waals surface area contributed by atoms with Crippen molar-refractivity contribution < 1.29 is 14.3 Å². The quantitative estimate of drug-likeness (QED) is 0.640. The summed E-state index contributed by atoms with van der Waals surface area (Å²) < 4.78 is 4.71. The Balaban J connectivity index is 1.65. The Morgan fingerprint density at radius 1 is 1.00 bits per heavy atom. The van der Waals surface area contributed by atoms with Crippen molar-refractivity contribution in [3.05, 3.63) is 83.8 Å². The molecule has 0 bridgehead atoms. The highest BCUT2D eigenvalue weighted by Crippen LogP contribution is 2.16. The zero-order valence-corrected chi connectivity index (χ0v) is 15.5. The maximum atomic E-state index is 12.4. The molecule has 0 saturated carbocycles. The van der Waals surface area contributed by atoms with Crippen LogP contribution in [0.5, 0.6) is 0 Å². The van der Waals surface area contributed by atoms with E-state index in [2.05, 4.69) is 20.6 Å². The number of ether oxygens (including phenoxy) is 1. The van der Waals surface area contributed by atoms with Crippen LogP contribution in [0, 0.1) is 0 Å². The molecule has 7 heteroatoms. The highest BCUT2D eigenvalue weighted by atomic mass is 16.5. The van der Waals surface area contributed by atoms with Gasteiger partial charge >= 0.3 is 5.97 Å². The summed E-state index contributed by atoms with van der Waals surface area (Å²) in [4.78, 5) is 32.4. The van der Waals surface area contributed by atoms with E-state index in [1.165, 1.54) is 19.5 Å². The van der Waals surface area contributed by atoms with Gasteiger partial charge in [-0.05, 0) is 30.7 Å². The van der Waals surface area contributed by atoms with Crippen LogP contribution in [0.25, 0.3) is 0 Å². The second kappa shape index (κ2) is 8.77. The molecule has 0 spiro atoms. The average molecular weight is 376 g/mol. The topological polar surface area (TPSA) is 93.2 Å². The first kappa shape index (κ1) is 19.0. The third kappa shape index (κ3) is 4.70. The molecule has 1 unspecified atom stereocenters. The predicted octanol–water partition coefficient (Wildman–Crippen LogP) is 3.50. The van der Waals surface area contributed by atoms with Gasteiger partial charge < -0.3 is 15.4 Å². The third-order valence-corrected chi connectivity index (χ3v) is 4.09. The summed E-state index contributed by atoms with van der Waals surface area (Å²) >= 11 is 0. The third-order valence-electron chi connectivity index (χ3n) is 4.09. The van der Waals surface area contributed by atoms with Gasteiger partial charge in [0.2, 0.25) is 0 Å². The average Bonchev–Trinajstić information content (AvgIpc) is 2.74. The summed E-state index contributed by atoms with van der Waals surface area (Å²) in [5.74, 6) is -0.271. The number of carbonyl (C=O) groups is 2. The molecule has 1 heterocycles. The number of rotatable bonds is 6. The van der Waals surface area contributed by atoms with Crippen LogP contribution < -0.4 is 10.6 Å². The van der Waals surface area contributed by atoms with Crippen molar-refractivity contribution in [2.75, 3.05) is 12.4 Å². The fourth-order valence-corrected chi connectivity index (χ4v) is 2.60. The highest BCUT2D eigenvalue weighted by molar-refractivity contribution is 5.92. The van der Waals surface area contributed by atoms with Gasteiger partial charge in [-0.15, -0.1) is 0 Å². The van der Waals surface area contributed by atoms with Crippen LogP contribution in [-0.4, -0.2) is 29.0 Å². The molecule has 28 heavy (non-hydrogen) atoms. The number of hydrogen-bond acceptors (Lipinski definition) is 6. The molecule has 1 amide bonds. The molecule has 7 nitrogen and oxygen atoms in total. The zero-order chi connectivity index (χ0) is 19.9. The lowest BCUT2D eigenvalue weighted by Crippen LogP contribution is -2.27. The standard InChI is InChI=1S/C21H20N4O3/c1-14(15-7-4-3-5-8-15)24-20(26)18-12-23-19(13-22-18)25-17-10-6-9-16(11-17)21(27)28-2/h3-14H,1-2H3,(H,23,25)(H,24,26). The van der Waals surface area contributed by atoms with Crippen LogP contribution in [0.3, 0.4) is 0 Å². The molecule has 0 saturated heterocycles. The van der Waals surface area contributed by atoms with Crippen LogP contribution in [0.4, 0.5) is 11.5 Å². The lowest BCUT2D eigenvalue weighted by Gasteiger charge is -2.14. The maximum absolute atomic E-state index is 12.4. The molecular formula is C21H20N4O3. The molecule has 0 radical (unpaired) electrons. The number of carbonyl (C=O) groups excluding carboxylic acids is 2. The summed E-state index contributed by atoms with van der Waals surface area (Å²) in [7, 11) is 1.33. The highest BCUT2D eigenvalue weighted by Gasteiger charge is 2.13. The Bertz CT molecular complexity index is 959. The first-order valence-corrected chi connectivity index (χ1v) is 8.70. The summed E-state index contributed by atoms with van der Waals surface area (Å²) in [5.41, 5.74) is 2.31. The van der Waals surface area contributed by atoms with Crippen LogP contribution >= 0.6 is 0 Å². The lowest BCUT2D eigenvalue weighted by atomic mass is 10.1. The Morgan fingerprint density at radius 3 is 2.46 bits per heavy atom. The number of nitrogens with one attached hydrogen (secondary N) is 2. The number of benzene rings is 2. The molecule has 0 aliphatic rings. The number of amides is 1. The molecule has 2 N–H and O–H groups in total. The Kier molecular flexibility index (Phi) is 5.96. The van der Waals surface area contributed by atoms with Gasteiger partial charge in [-0.1, -0.05) is 36.4 Å². The maximum Gasteiger partial charge on any atom is 0.337 e. The zero-order valence-electron chi connectivity index (χ0n) is 15.5. The minimum atomic E-state index is -0.422. The first-order valence-electron chi connectivity index (χ1n) is 8.70. The van der Waals surface area contributed by atoms with Crippen molar-refractivity contribution in [1.29, 1.82) is 0 Å². The number of nitrogens with zero attached hydrogens (tertiary/aromatic N) is 2. The van der Waals surface area contributed by atoms with Crippen LogP contribution in [-0.2, 0) is 4.74 Å². The van der Waals surface area contributed by atoms with Crippen molar-refractivity contribution in [3.8, 4) is 0 Å². The van der Waals surface area contributed by atoms with Crippen molar-refractivity contribution in [1.82, 2.24) is 15.3 Å². The van der Waals surface area contributed by atoms with E-state index in [1.807, 2.05) is 37.3 Å². The Hall–Kier alpha value is -3.74. The van der Waals surface area contributed by atoms with Crippen molar-refractivity contribution in [3.63, 3.8) is 0 Å². The summed E-state index contributed by atoms with van der Waals surface area (Å²) in [6, 6.07) is 16.4. The van der Waals surface area contributed by atoms with E-state index >= 15 is 0 Å². The van der Waals surface area contributed by atoms with Crippen molar-refractivity contribution >= 4 is 23.4 Å². The normalized spacial score (nSPS) is 11.4. The van der Waals surface area contributed by atoms with E-state index in [0.29, 0.717) is 17.1 Å². The van der Waals surface area contributed by atoms with Gasteiger partial charge in [0.1, 0.15) is 11.5 Å². The smallest absolute Gasteiger partial charge is 0.337 e. The fourth-order valence-electron chi connectivity index (χ4n) is 2.60. The van der Waals surface area contributed by atoms with Gasteiger partial charge in [0.25, 0.3) is 5.91 Å². The van der Waals surface area contributed by atoms with E-state index in [9.17, 15) is 9.59 Å². The number of esters is 1. The lowest BCUT2D eigenvalue weighted by molar-refractivity contribution is 0.0600. The van der Waals surface area contributed by atoms with Crippen LogP contribution in [0.2, 0.25) is 0 Å². The molecule has 3 rings (SSSR count). The molecule has 1 aromatic heterocycles. The van der Waals surface area contributed by atoms with Gasteiger partial charge in [0.05, 0.1) is 31.1 Å². The van der Waals surface area contributed by atoms with Crippen molar-refractivity contribution in [2.24, 2.45) is 0 Å². The molecular weight excluding hydrogens is 356 g/mol. The van der Waals surface area contributed by atoms with Gasteiger partial charge in [0.15, 0.2) is 0 Å². The van der Waals surface area contributed by atoms with Crippen molar-refractivity contribution in [2.45, 2.75) is 13.0 Å². The Morgan fingerprint density at radius 2 is 1.79 bits per heavy atom. The van der Waals surface area contributed by atoms with Gasteiger partial charge in [-0.2, -0.15) is 0 Å². The van der Waals surface area contributed by atoms with Crippen LogP contribution in [0.1, 0.15) is 39.4 Å². The van der Waals surface area contributed by atoms with Gasteiger partial charge in [-0.3, -0.25) is 4.79 Å². The molecule has 2 aromatic carbocycles. The number of methoxy groups -OCH3 is 1. The molecule has 3 aromatic rings. The predicted molar refractivity (Wildman–Crippen MR) is 105 cm³/mol. The molecule has 1 atom stereocenters. The SMILES string of the molecule is COC(=O)c1cccc(Nc2cnc(C(=O)NC(C)c3ccccc3)cn2)c1. The number of anilines is 2. The molecule has 142 valence electrons. The van der Waals surface area contributed by atoms with E-state index in [-0.39, 0.29) is 17.6 Å².